The van der Waals surface area contributed by atoms with Gasteiger partial charge in [-0.25, -0.2) is 0 Å². The third-order valence-electron chi connectivity index (χ3n) is 2.59. The highest BCUT2D eigenvalue weighted by molar-refractivity contribution is 4.88. The zero-order valence-corrected chi connectivity index (χ0v) is 9.28. The lowest BCUT2D eigenvalue weighted by molar-refractivity contribution is -0.311. The summed E-state index contributed by atoms with van der Waals surface area (Å²) in [5.74, 6) is 0. The molecule has 1 saturated heterocycles. The number of hydrogen-bond acceptors (Lipinski definition) is 7. The quantitative estimate of drug-likeness (QED) is 0.340. The molecule has 1 unspecified atom stereocenters. The first-order chi connectivity index (χ1) is 7.51. The summed E-state index contributed by atoms with van der Waals surface area (Å²) in [6, 6.07) is 0. The summed E-state index contributed by atoms with van der Waals surface area (Å²) in [4.78, 5) is 0. The third-order valence-corrected chi connectivity index (χ3v) is 2.59. The smallest absolute Gasteiger partial charge is 0.188 e. The Balaban J connectivity index is 2.63. The third kappa shape index (κ3) is 2.89. The molecule has 0 aromatic heterocycles. The molecular weight excluding hydrogens is 218 g/mol. The summed E-state index contributed by atoms with van der Waals surface area (Å²) in [6.45, 7) is 1.24. The SMILES string of the molecule is CNC(C)O[C@H]1O[C@H](CO)[C@@H](O)[C@H](O)[C@H]1O. The van der Waals surface area contributed by atoms with Crippen LogP contribution in [-0.4, -0.2) is 71.0 Å². The summed E-state index contributed by atoms with van der Waals surface area (Å²) in [7, 11) is 1.66. The van der Waals surface area contributed by atoms with E-state index in [0.717, 1.165) is 0 Å². The zero-order valence-electron chi connectivity index (χ0n) is 9.28. The molecule has 6 atom stereocenters. The van der Waals surface area contributed by atoms with Crippen LogP contribution in [0.5, 0.6) is 0 Å². The van der Waals surface area contributed by atoms with E-state index in [2.05, 4.69) is 5.32 Å². The Morgan fingerprint density at radius 3 is 2.38 bits per heavy atom. The fourth-order valence-corrected chi connectivity index (χ4v) is 1.45. The zero-order chi connectivity index (χ0) is 12.3. The van der Waals surface area contributed by atoms with Gasteiger partial charge in [0.25, 0.3) is 0 Å². The summed E-state index contributed by atoms with van der Waals surface area (Å²) < 4.78 is 10.4. The van der Waals surface area contributed by atoms with E-state index in [1.54, 1.807) is 14.0 Å². The van der Waals surface area contributed by atoms with Crippen LogP contribution >= 0.6 is 0 Å². The number of hydrogen-bond donors (Lipinski definition) is 5. The molecule has 1 aliphatic rings. The van der Waals surface area contributed by atoms with Crippen LogP contribution in [0.4, 0.5) is 0 Å². The maximum Gasteiger partial charge on any atom is 0.188 e. The molecular formula is C9H19NO6. The Morgan fingerprint density at radius 1 is 1.25 bits per heavy atom. The molecule has 0 amide bonds. The Labute approximate surface area is 93.6 Å². The van der Waals surface area contributed by atoms with Crippen LogP contribution in [0.2, 0.25) is 0 Å². The number of ether oxygens (including phenoxy) is 2. The van der Waals surface area contributed by atoms with Gasteiger partial charge >= 0.3 is 0 Å². The Morgan fingerprint density at radius 2 is 1.88 bits per heavy atom. The van der Waals surface area contributed by atoms with Crippen molar-refractivity contribution in [3.8, 4) is 0 Å². The Kier molecular flexibility index (Phi) is 5.06. The lowest BCUT2D eigenvalue weighted by Gasteiger charge is -2.40. The highest BCUT2D eigenvalue weighted by atomic mass is 16.7. The Hall–Kier alpha value is -0.280. The predicted octanol–water partition coefficient (Wildman–Crippen LogP) is -2.63. The Bertz CT molecular complexity index is 214. The van der Waals surface area contributed by atoms with Gasteiger partial charge in [0.2, 0.25) is 0 Å². The van der Waals surface area contributed by atoms with Crippen molar-refractivity contribution in [1.29, 1.82) is 0 Å². The van der Waals surface area contributed by atoms with Gasteiger partial charge in [0.1, 0.15) is 30.6 Å². The largest absolute Gasteiger partial charge is 0.394 e. The topological polar surface area (TPSA) is 111 Å². The number of aliphatic hydroxyl groups excluding tert-OH is 4. The predicted molar refractivity (Wildman–Crippen MR) is 53.4 cm³/mol. The molecule has 1 aliphatic heterocycles. The van der Waals surface area contributed by atoms with E-state index in [1.807, 2.05) is 0 Å². The minimum Gasteiger partial charge on any atom is -0.394 e. The lowest BCUT2D eigenvalue weighted by Crippen LogP contribution is -2.60. The van der Waals surface area contributed by atoms with Crippen LogP contribution in [0.3, 0.4) is 0 Å². The second-order valence-electron chi connectivity index (χ2n) is 3.76. The second-order valence-corrected chi connectivity index (χ2v) is 3.76. The van der Waals surface area contributed by atoms with Gasteiger partial charge in [-0.1, -0.05) is 0 Å². The van der Waals surface area contributed by atoms with Crippen LogP contribution in [0.15, 0.2) is 0 Å². The van der Waals surface area contributed by atoms with Crippen molar-refractivity contribution in [2.75, 3.05) is 13.7 Å². The summed E-state index contributed by atoms with van der Waals surface area (Å²) in [6.07, 6.45) is -6.52. The number of nitrogens with one attached hydrogen (secondary N) is 1. The van der Waals surface area contributed by atoms with Crippen LogP contribution < -0.4 is 5.32 Å². The van der Waals surface area contributed by atoms with Crippen LogP contribution in [-0.2, 0) is 9.47 Å². The van der Waals surface area contributed by atoms with Gasteiger partial charge in [-0.15, -0.1) is 0 Å². The average Bonchev–Trinajstić information content (AvgIpc) is 2.29. The van der Waals surface area contributed by atoms with E-state index in [9.17, 15) is 15.3 Å². The molecule has 0 saturated carbocycles. The maximum absolute atomic E-state index is 9.60. The monoisotopic (exact) mass is 237 g/mol. The van der Waals surface area contributed by atoms with Crippen LogP contribution in [0.25, 0.3) is 0 Å². The van der Waals surface area contributed by atoms with E-state index in [4.69, 9.17) is 14.6 Å². The molecule has 1 heterocycles. The van der Waals surface area contributed by atoms with Crippen LogP contribution in [0, 0.1) is 0 Å². The normalized spacial score (nSPS) is 42.0. The molecule has 16 heavy (non-hydrogen) atoms. The van der Waals surface area contributed by atoms with Gasteiger partial charge < -0.3 is 29.9 Å². The first-order valence-electron chi connectivity index (χ1n) is 5.14. The molecule has 0 aliphatic carbocycles. The average molecular weight is 237 g/mol. The van der Waals surface area contributed by atoms with E-state index in [0.29, 0.717) is 0 Å². The van der Waals surface area contributed by atoms with E-state index < -0.39 is 37.3 Å². The minimum absolute atomic E-state index is 0.388. The molecule has 96 valence electrons. The van der Waals surface area contributed by atoms with Crippen molar-refractivity contribution in [2.24, 2.45) is 0 Å². The fraction of sp³-hybridized carbons (Fsp3) is 1.00. The molecule has 0 radical (unpaired) electrons. The fourth-order valence-electron chi connectivity index (χ4n) is 1.45. The summed E-state index contributed by atoms with van der Waals surface area (Å²) in [5, 5.41) is 40.3. The van der Waals surface area contributed by atoms with E-state index in [-0.39, 0.29) is 6.23 Å². The minimum atomic E-state index is -1.40. The highest BCUT2D eigenvalue weighted by Crippen LogP contribution is 2.22. The molecule has 0 aromatic carbocycles. The van der Waals surface area contributed by atoms with Crippen molar-refractivity contribution in [3.05, 3.63) is 0 Å². The van der Waals surface area contributed by atoms with Gasteiger partial charge in [-0.05, 0) is 14.0 Å². The molecule has 0 spiro atoms. The van der Waals surface area contributed by atoms with Gasteiger partial charge in [-0.3, -0.25) is 5.32 Å². The second kappa shape index (κ2) is 5.87. The van der Waals surface area contributed by atoms with Gasteiger partial charge in [-0.2, -0.15) is 0 Å². The lowest BCUT2D eigenvalue weighted by atomic mass is 9.99. The summed E-state index contributed by atoms with van der Waals surface area (Å²) in [5.41, 5.74) is 0. The standard InChI is InChI=1S/C9H19NO6/c1-4(10-2)15-9-8(14)7(13)6(12)5(3-11)16-9/h4-14H,3H2,1-2H3/t4?,5-,6-,7+,8-,9+/m1/s1. The first-order valence-corrected chi connectivity index (χ1v) is 5.14. The van der Waals surface area contributed by atoms with Crippen molar-refractivity contribution in [3.63, 3.8) is 0 Å². The van der Waals surface area contributed by atoms with Crippen LogP contribution in [0.1, 0.15) is 6.92 Å². The summed E-state index contributed by atoms with van der Waals surface area (Å²) >= 11 is 0. The van der Waals surface area contributed by atoms with Gasteiger partial charge in [0.05, 0.1) is 6.61 Å². The van der Waals surface area contributed by atoms with Crippen molar-refractivity contribution >= 4 is 0 Å². The van der Waals surface area contributed by atoms with Gasteiger partial charge in [0.15, 0.2) is 6.29 Å². The van der Waals surface area contributed by atoms with E-state index >= 15 is 0 Å². The first kappa shape index (κ1) is 13.8. The molecule has 5 N–H and O–H groups in total. The molecule has 1 rings (SSSR count). The van der Waals surface area contributed by atoms with Crippen molar-refractivity contribution < 1.29 is 29.9 Å². The molecule has 0 bridgehead atoms. The van der Waals surface area contributed by atoms with E-state index in [1.165, 1.54) is 0 Å². The number of rotatable bonds is 4. The number of aliphatic hydroxyl groups is 4. The highest BCUT2D eigenvalue weighted by Gasteiger charge is 2.44. The molecule has 7 nitrogen and oxygen atoms in total. The van der Waals surface area contributed by atoms with Crippen molar-refractivity contribution in [1.82, 2.24) is 5.32 Å². The molecule has 7 heteroatoms. The molecule has 1 fully saturated rings. The van der Waals surface area contributed by atoms with Gasteiger partial charge in [0, 0.05) is 0 Å². The van der Waals surface area contributed by atoms with Crippen molar-refractivity contribution in [2.45, 2.75) is 43.9 Å². The maximum atomic E-state index is 9.60. The molecule has 0 aromatic rings.